The second kappa shape index (κ2) is 5.13. The molecule has 1 aromatic carbocycles. The summed E-state index contributed by atoms with van der Waals surface area (Å²) >= 11 is 1.37. The van der Waals surface area contributed by atoms with Gasteiger partial charge < -0.3 is 0 Å². The molecule has 114 valence electrons. The Labute approximate surface area is 132 Å². The van der Waals surface area contributed by atoms with Crippen LogP contribution in [0.4, 0.5) is 4.39 Å². The number of hydrogen-bond acceptors (Lipinski definition) is 6. The Morgan fingerprint density at radius 3 is 2.87 bits per heavy atom. The van der Waals surface area contributed by atoms with Crippen LogP contribution >= 0.6 is 11.8 Å². The zero-order valence-corrected chi connectivity index (χ0v) is 12.7. The molecule has 3 heterocycles. The number of fused-ring (bicyclic) bond motifs is 3. The summed E-state index contributed by atoms with van der Waals surface area (Å²) in [5.41, 5.74) is 0.660. The molecule has 0 aliphatic rings. The largest absolute Gasteiger partial charge is 0.285 e. The molecule has 0 saturated heterocycles. The number of rotatable bonds is 2. The van der Waals surface area contributed by atoms with Crippen molar-refractivity contribution in [2.24, 2.45) is 0 Å². The molecule has 0 aliphatic carbocycles. The van der Waals surface area contributed by atoms with Crippen molar-refractivity contribution in [3.05, 3.63) is 52.7 Å². The predicted molar refractivity (Wildman–Crippen MR) is 83.4 cm³/mol. The van der Waals surface area contributed by atoms with Gasteiger partial charge in [0.15, 0.2) is 5.52 Å². The number of hydrogen-bond donors (Lipinski definition) is 0. The van der Waals surface area contributed by atoms with E-state index < -0.39 is 11.4 Å². The second-order valence-corrected chi connectivity index (χ2v) is 5.49. The monoisotopic (exact) mass is 328 g/mol. The van der Waals surface area contributed by atoms with Gasteiger partial charge in [0.05, 0.1) is 5.69 Å². The van der Waals surface area contributed by atoms with E-state index >= 15 is 0 Å². The fourth-order valence-corrected chi connectivity index (χ4v) is 2.64. The van der Waals surface area contributed by atoms with Crippen molar-refractivity contribution in [1.29, 1.82) is 0 Å². The Bertz CT molecular complexity index is 1110. The Morgan fingerprint density at radius 1 is 1.22 bits per heavy atom. The van der Waals surface area contributed by atoms with E-state index in [0.29, 0.717) is 22.1 Å². The van der Waals surface area contributed by atoms with Gasteiger partial charge >= 0.3 is 0 Å². The SMILES string of the molecule is CSc1nc2nnc3c(=O)n(-c4cccc(F)c4)ccc3n2n1. The van der Waals surface area contributed by atoms with Gasteiger partial charge in [0.25, 0.3) is 11.3 Å². The maximum absolute atomic E-state index is 13.4. The molecule has 4 aromatic rings. The lowest BCUT2D eigenvalue weighted by Crippen LogP contribution is -2.20. The van der Waals surface area contributed by atoms with E-state index in [1.165, 1.54) is 33.0 Å². The van der Waals surface area contributed by atoms with Crippen LogP contribution in [0.3, 0.4) is 0 Å². The molecule has 0 fully saturated rings. The molecule has 0 amide bonds. The summed E-state index contributed by atoms with van der Waals surface area (Å²) in [4.78, 5) is 16.8. The minimum absolute atomic E-state index is 0.141. The van der Waals surface area contributed by atoms with E-state index in [2.05, 4.69) is 20.3 Å². The van der Waals surface area contributed by atoms with Crippen LogP contribution in [0.2, 0.25) is 0 Å². The highest BCUT2D eigenvalue weighted by Gasteiger charge is 2.13. The molecular formula is C14H9FN6OS. The van der Waals surface area contributed by atoms with E-state index in [-0.39, 0.29) is 5.52 Å². The van der Waals surface area contributed by atoms with Gasteiger partial charge in [0, 0.05) is 6.20 Å². The van der Waals surface area contributed by atoms with Crippen molar-refractivity contribution >= 4 is 28.6 Å². The number of halogens is 1. The number of pyridine rings is 1. The summed E-state index contributed by atoms with van der Waals surface area (Å²) < 4.78 is 16.2. The molecule has 0 spiro atoms. The topological polar surface area (TPSA) is 78.0 Å². The lowest BCUT2D eigenvalue weighted by atomic mass is 10.3. The van der Waals surface area contributed by atoms with Gasteiger partial charge in [-0.05, 0) is 30.5 Å². The number of aromatic nitrogens is 6. The van der Waals surface area contributed by atoms with Crippen LogP contribution in [0.15, 0.2) is 46.5 Å². The Morgan fingerprint density at radius 2 is 2.09 bits per heavy atom. The lowest BCUT2D eigenvalue weighted by Gasteiger charge is -2.06. The number of thioether (sulfide) groups is 1. The maximum atomic E-state index is 13.4. The second-order valence-electron chi connectivity index (χ2n) is 4.71. The highest BCUT2D eigenvalue weighted by molar-refractivity contribution is 7.98. The first kappa shape index (κ1) is 13.8. The van der Waals surface area contributed by atoms with Crippen LogP contribution in [-0.4, -0.2) is 35.6 Å². The lowest BCUT2D eigenvalue weighted by molar-refractivity contribution is 0.626. The molecule has 7 nitrogen and oxygen atoms in total. The van der Waals surface area contributed by atoms with Crippen molar-refractivity contribution in [2.45, 2.75) is 5.16 Å². The standard InChI is InChI=1S/C14H9FN6OS/c1-23-14-16-13-18-17-11-10(21(13)19-14)5-6-20(12(11)22)9-4-2-3-8(15)7-9/h2-7H,1H3. The van der Waals surface area contributed by atoms with Gasteiger partial charge in [-0.25, -0.2) is 4.39 Å². The van der Waals surface area contributed by atoms with Crippen molar-refractivity contribution < 1.29 is 4.39 Å². The van der Waals surface area contributed by atoms with Gasteiger partial charge in [-0.15, -0.1) is 15.3 Å². The molecule has 23 heavy (non-hydrogen) atoms. The molecule has 3 aromatic heterocycles. The van der Waals surface area contributed by atoms with Crippen molar-refractivity contribution in [1.82, 2.24) is 29.4 Å². The predicted octanol–water partition coefficient (Wildman–Crippen LogP) is 1.68. The van der Waals surface area contributed by atoms with E-state index in [1.54, 1.807) is 24.4 Å². The highest BCUT2D eigenvalue weighted by atomic mass is 32.2. The molecule has 0 unspecified atom stereocenters. The molecule has 4 rings (SSSR count). The smallest absolute Gasteiger partial charge is 0.282 e. The minimum Gasteiger partial charge on any atom is -0.282 e. The molecular weight excluding hydrogens is 319 g/mol. The van der Waals surface area contributed by atoms with Gasteiger partial charge in [-0.3, -0.25) is 9.36 Å². The van der Waals surface area contributed by atoms with E-state index in [1.807, 2.05) is 6.26 Å². The first-order chi connectivity index (χ1) is 11.2. The first-order valence-corrected chi connectivity index (χ1v) is 7.84. The average molecular weight is 328 g/mol. The fourth-order valence-electron chi connectivity index (χ4n) is 2.30. The third-order valence-electron chi connectivity index (χ3n) is 3.35. The minimum atomic E-state index is -0.420. The van der Waals surface area contributed by atoms with Crippen LogP contribution in [-0.2, 0) is 0 Å². The van der Waals surface area contributed by atoms with Crippen molar-refractivity contribution in [3.63, 3.8) is 0 Å². The Kier molecular flexibility index (Phi) is 3.08. The molecule has 0 radical (unpaired) electrons. The number of benzene rings is 1. The third kappa shape index (κ3) is 2.16. The summed E-state index contributed by atoms with van der Waals surface area (Å²) in [6.45, 7) is 0. The van der Waals surface area contributed by atoms with Crippen LogP contribution in [0.1, 0.15) is 0 Å². The zero-order valence-electron chi connectivity index (χ0n) is 11.8. The van der Waals surface area contributed by atoms with Gasteiger partial charge in [-0.2, -0.15) is 9.50 Å². The summed E-state index contributed by atoms with van der Waals surface area (Å²) in [6.07, 6.45) is 3.41. The summed E-state index contributed by atoms with van der Waals surface area (Å²) in [7, 11) is 0. The van der Waals surface area contributed by atoms with Crippen LogP contribution in [0.5, 0.6) is 0 Å². The summed E-state index contributed by atoms with van der Waals surface area (Å²) in [5.74, 6) is -0.0957. The average Bonchev–Trinajstić information content (AvgIpc) is 2.99. The number of nitrogens with zero attached hydrogens (tertiary/aromatic N) is 6. The maximum Gasteiger partial charge on any atom is 0.285 e. The molecule has 0 atom stereocenters. The van der Waals surface area contributed by atoms with Crippen LogP contribution in [0.25, 0.3) is 22.5 Å². The van der Waals surface area contributed by atoms with E-state index in [0.717, 1.165) is 0 Å². The summed E-state index contributed by atoms with van der Waals surface area (Å²) in [6, 6.07) is 7.46. The molecule has 0 aliphatic heterocycles. The van der Waals surface area contributed by atoms with Gasteiger partial charge in [-0.1, -0.05) is 17.8 Å². The van der Waals surface area contributed by atoms with E-state index in [9.17, 15) is 9.18 Å². The van der Waals surface area contributed by atoms with Crippen molar-refractivity contribution in [2.75, 3.05) is 6.26 Å². The van der Waals surface area contributed by atoms with E-state index in [4.69, 9.17) is 0 Å². The quantitative estimate of drug-likeness (QED) is 0.521. The van der Waals surface area contributed by atoms with Crippen molar-refractivity contribution in [3.8, 4) is 5.69 Å². The van der Waals surface area contributed by atoms with Gasteiger partial charge in [0.1, 0.15) is 11.3 Å². The van der Waals surface area contributed by atoms with Crippen LogP contribution in [0, 0.1) is 5.82 Å². The Hall–Kier alpha value is -2.81. The highest BCUT2D eigenvalue weighted by Crippen LogP contribution is 2.14. The molecule has 9 heteroatoms. The molecule has 0 N–H and O–H groups in total. The first-order valence-electron chi connectivity index (χ1n) is 6.62. The zero-order chi connectivity index (χ0) is 16.0. The Balaban J connectivity index is 2.02. The fraction of sp³-hybridized carbons (Fsp3) is 0.0714. The normalized spacial score (nSPS) is 11.4. The third-order valence-corrected chi connectivity index (χ3v) is 3.89. The molecule has 0 bridgehead atoms. The molecule has 0 saturated carbocycles. The van der Waals surface area contributed by atoms with Crippen LogP contribution < -0.4 is 5.56 Å². The van der Waals surface area contributed by atoms with Gasteiger partial charge in [0.2, 0.25) is 5.16 Å². The summed E-state index contributed by atoms with van der Waals surface area (Å²) in [5, 5.41) is 12.7.